The normalized spacial score (nSPS) is 16.8. The van der Waals surface area contributed by atoms with Gasteiger partial charge in [-0.2, -0.15) is 0 Å². The van der Waals surface area contributed by atoms with E-state index in [1.807, 2.05) is 25.1 Å². The number of methoxy groups -OCH3 is 1. The molecule has 3 N–H and O–H groups in total. The molecule has 1 unspecified atom stereocenters. The highest BCUT2D eigenvalue weighted by Gasteiger charge is 2.48. The van der Waals surface area contributed by atoms with Crippen LogP contribution in [-0.4, -0.2) is 45.6 Å². The lowest BCUT2D eigenvalue weighted by atomic mass is 9.93. The Morgan fingerprint density at radius 1 is 1.05 bits per heavy atom. The van der Waals surface area contributed by atoms with Gasteiger partial charge in [-0.15, -0.1) is 0 Å². The zero-order valence-corrected chi connectivity index (χ0v) is 21.4. The second-order valence-corrected chi connectivity index (χ2v) is 9.04. The van der Waals surface area contributed by atoms with Gasteiger partial charge in [0.25, 0.3) is 5.78 Å². The molecule has 5 rings (SSSR count). The van der Waals surface area contributed by atoms with Crippen LogP contribution >= 0.6 is 0 Å². The zero-order chi connectivity index (χ0) is 27.1. The summed E-state index contributed by atoms with van der Waals surface area (Å²) in [5.41, 5.74) is 3.48. The Hall–Kier alpha value is -4.79. The van der Waals surface area contributed by atoms with Gasteiger partial charge in [0.1, 0.15) is 11.5 Å². The molecule has 0 aliphatic carbocycles. The molecule has 4 aromatic rings. The summed E-state index contributed by atoms with van der Waals surface area (Å²) < 4.78 is 11.0. The number of nitrogens with zero attached hydrogens (tertiary/aromatic N) is 2. The van der Waals surface area contributed by atoms with Crippen LogP contribution < -0.4 is 14.4 Å². The number of anilines is 1. The molecule has 0 radical (unpaired) electrons. The molecule has 0 saturated carbocycles. The third-order valence-electron chi connectivity index (χ3n) is 6.65. The summed E-state index contributed by atoms with van der Waals surface area (Å²) in [6, 6.07) is 14.3. The van der Waals surface area contributed by atoms with Crippen LogP contribution in [0, 0.1) is 13.8 Å². The van der Waals surface area contributed by atoms with Gasteiger partial charge in [0, 0.05) is 5.56 Å². The van der Waals surface area contributed by atoms with Gasteiger partial charge in [-0.3, -0.25) is 14.5 Å². The SMILES string of the molecule is CCOc1cc(C2/C(=C(\O)c3cc(C)c(OC)cc3C)C(=O)C(=O)N2c2nc3ccccc3[nH]2)ccc1O. The van der Waals surface area contributed by atoms with E-state index < -0.39 is 17.7 Å². The van der Waals surface area contributed by atoms with Crippen molar-refractivity contribution in [3.05, 3.63) is 82.4 Å². The third-order valence-corrected chi connectivity index (χ3v) is 6.65. The van der Waals surface area contributed by atoms with Gasteiger partial charge in [-0.1, -0.05) is 18.2 Å². The summed E-state index contributed by atoms with van der Waals surface area (Å²) >= 11 is 0. The minimum atomic E-state index is -1.04. The Kier molecular flexibility index (Phi) is 6.28. The quantitative estimate of drug-likeness (QED) is 0.190. The number of aliphatic hydroxyl groups excluding tert-OH is 1. The fourth-order valence-corrected chi connectivity index (χ4v) is 4.80. The number of aromatic hydroxyl groups is 1. The standard InChI is InChI=1S/C29H27N3O6/c1-5-38-23-14-17(10-11-21(23)33)25-24(26(34)18-12-16(3)22(37-4)13-15(18)2)27(35)28(36)32(25)29-30-19-8-6-7-9-20(19)31-29/h6-14,25,33-34H,5H2,1-4H3,(H,30,31)/b26-24+. The number of ether oxygens (including phenoxy) is 2. The number of imidazole rings is 1. The van der Waals surface area contributed by atoms with Gasteiger partial charge >= 0.3 is 5.91 Å². The van der Waals surface area contributed by atoms with Gasteiger partial charge in [0.15, 0.2) is 11.5 Å². The summed E-state index contributed by atoms with van der Waals surface area (Å²) in [7, 11) is 1.56. The van der Waals surface area contributed by atoms with Crippen LogP contribution in [0.1, 0.15) is 35.2 Å². The summed E-state index contributed by atoms with van der Waals surface area (Å²) in [5, 5.41) is 21.9. The molecule has 9 heteroatoms. The van der Waals surface area contributed by atoms with E-state index >= 15 is 0 Å². The second-order valence-electron chi connectivity index (χ2n) is 9.04. The van der Waals surface area contributed by atoms with E-state index in [-0.39, 0.29) is 28.8 Å². The predicted octanol–water partition coefficient (Wildman–Crippen LogP) is 4.92. The third kappa shape index (κ3) is 4.02. The fourth-order valence-electron chi connectivity index (χ4n) is 4.80. The molecule has 1 aromatic heterocycles. The number of Topliss-reactive ketones (excluding diaryl/α,β-unsaturated/α-hetero) is 1. The number of carbonyl (C=O) groups is 2. The number of aryl methyl sites for hydroxylation is 2. The van der Waals surface area contributed by atoms with Crippen molar-refractivity contribution in [3.8, 4) is 17.2 Å². The minimum Gasteiger partial charge on any atom is -0.507 e. The average Bonchev–Trinajstić information content (AvgIpc) is 3.44. The van der Waals surface area contributed by atoms with E-state index in [9.17, 15) is 19.8 Å². The number of amides is 1. The second kappa shape index (κ2) is 9.59. The van der Waals surface area contributed by atoms with Gasteiger partial charge in [-0.25, -0.2) is 4.98 Å². The van der Waals surface area contributed by atoms with Gasteiger partial charge < -0.3 is 24.7 Å². The van der Waals surface area contributed by atoms with Crippen LogP contribution in [0.15, 0.2) is 60.2 Å². The highest BCUT2D eigenvalue weighted by Crippen LogP contribution is 2.44. The molecule has 9 nitrogen and oxygen atoms in total. The van der Waals surface area contributed by atoms with E-state index in [1.54, 1.807) is 51.3 Å². The summed E-state index contributed by atoms with van der Waals surface area (Å²) in [4.78, 5) is 36.0. The number of hydrogen-bond acceptors (Lipinski definition) is 7. The Morgan fingerprint density at radius 2 is 1.82 bits per heavy atom. The van der Waals surface area contributed by atoms with E-state index in [2.05, 4.69) is 9.97 Å². The van der Waals surface area contributed by atoms with Crippen molar-refractivity contribution in [1.82, 2.24) is 9.97 Å². The number of aromatic nitrogens is 2. The summed E-state index contributed by atoms with van der Waals surface area (Å²) in [6.45, 7) is 5.69. The highest BCUT2D eigenvalue weighted by atomic mass is 16.5. The minimum absolute atomic E-state index is 0.0853. The molecule has 0 spiro atoms. The molecule has 194 valence electrons. The topological polar surface area (TPSA) is 125 Å². The van der Waals surface area contributed by atoms with Gasteiger partial charge in [-0.05, 0) is 73.9 Å². The number of phenols is 1. The lowest BCUT2D eigenvalue weighted by Crippen LogP contribution is -2.30. The van der Waals surface area contributed by atoms with E-state index in [0.29, 0.717) is 40.1 Å². The number of carbonyl (C=O) groups excluding carboxylic acids is 2. The van der Waals surface area contributed by atoms with Crippen molar-refractivity contribution in [1.29, 1.82) is 0 Å². The van der Waals surface area contributed by atoms with Crippen LogP contribution in [0.4, 0.5) is 5.95 Å². The largest absolute Gasteiger partial charge is 0.507 e. The maximum absolute atomic E-state index is 13.5. The molecule has 1 aliphatic rings. The van der Waals surface area contributed by atoms with Gasteiger partial charge in [0.05, 0.1) is 36.4 Å². The number of rotatable bonds is 6. The number of fused-ring (bicyclic) bond motifs is 1. The van der Waals surface area contributed by atoms with Crippen molar-refractivity contribution in [3.63, 3.8) is 0 Å². The number of hydrogen-bond donors (Lipinski definition) is 3. The first-order valence-electron chi connectivity index (χ1n) is 12.1. The number of aromatic amines is 1. The molecule has 1 amide bonds. The lowest BCUT2D eigenvalue weighted by Gasteiger charge is -2.24. The Bertz CT molecular complexity index is 1590. The molecule has 1 fully saturated rings. The molecule has 38 heavy (non-hydrogen) atoms. The first kappa shape index (κ1) is 24.9. The van der Waals surface area contributed by atoms with Crippen molar-refractivity contribution >= 4 is 34.4 Å². The van der Waals surface area contributed by atoms with Crippen LogP contribution in [0.2, 0.25) is 0 Å². The molecule has 1 atom stereocenters. The maximum atomic E-state index is 13.5. The first-order chi connectivity index (χ1) is 18.2. The Morgan fingerprint density at radius 3 is 2.53 bits per heavy atom. The monoisotopic (exact) mass is 513 g/mol. The smallest absolute Gasteiger partial charge is 0.302 e. The molecule has 3 aromatic carbocycles. The van der Waals surface area contributed by atoms with Crippen molar-refractivity contribution in [2.75, 3.05) is 18.6 Å². The molecular formula is C29H27N3O6. The molecular weight excluding hydrogens is 486 g/mol. The predicted molar refractivity (Wildman–Crippen MR) is 143 cm³/mol. The number of nitrogens with one attached hydrogen (secondary N) is 1. The molecule has 2 heterocycles. The van der Waals surface area contributed by atoms with Crippen LogP contribution in [0.25, 0.3) is 16.8 Å². The van der Waals surface area contributed by atoms with E-state index in [1.165, 1.54) is 11.0 Å². The van der Waals surface area contributed by atoms with E-state index in [0.717, 1.165) is 5.56 Å². The number of H-pyrrole nitrogens is 1. The summed E-state index contributed by atoms with van der Waals surface area (Å²) in [6.07, 6.45) is 0. The number of ketones is 1. The van der Waals surface area contributed by atoms with Crippen molar-refractivity contribution in [2.45, 2.75) is 26.8 Å². The lowest BCUT2D eigenvalue weighted by molar-refractivity contribution is -0.132. The fraction of sp³-hybridized carbons (Fsp3) is 0.207. The number of benzene rings is 3. The number of para-hydroxylation sites is 2. The summed E-state index contributed by atoms with van der Waals surface area (Å²) in [5.74, 6) is -1.11. The molecule has 0 bridgehead atoms. The maximum Gasteiger partial charge on any atom is 0.302 e. The highest BCUT2D eigenvalue weighted by molar-refractivity contribution is 6.51. The Balaban J connectivity index is 1.76. The number of aliphatic hydroxyl groups is 1. The van der Waals surface area contributed by atoms with E-state index in [4.69, 9.17) is 9.47 Å². The number of phenolic OH excluding ortho intramolecular Hbond substituents is 1. The first-order valence-corrected chi connectivity index (χ1v) is 12.1. The zero-order valence-electron chi connectivity index (χ0n) is 21.4. The van der Waals surface area contributed by atoms with Gasteiger partial charge in [0.2, 0.25) is 5.95 Å². The van der Waals surface area contributed by atoms with Crippen molar-refractivity contribution < 1.29 is 29.3 Å². The van der Waals surface area contributed by atoms with Crippen LogP contribution in [-0.2, 0) is 9.59 Å². The molecule has 1 saturated heterocycles. The van der Waals surface area contributed by atoms with Crippen molar-refractivity contribution in [2.24, 2.45) is 0 Å². The Labute approximate surface area is 219 Å². The van der Waals surface area contributed by atoms with Crippen LogP contribution in [0.5, 0.6) is 17.2 Å². The molecule has 1 aliphatic heterocycles. The van der Waals surface area contributed by atoms with Crippen LogP contribution in [0.3, 0.4) is 0 Å². The average molecular weight is 514 g/mol.